The molecular weight excluding hydrogens is 518 g/mol. The first-order valence-electron chi connectivity index (χ1n) is 12.9. The van der Waals surface area contributed by atoms with E-state index in [0.29, 0.717) is 43.9 Å². The summed E-state index contributed by atoms with van der Waals surface area (Å²) in [4.78, 5) is 33.7. The van der Waals surface area contributed by atoms with E-state index in [4.69, 9.17) is 4.84 Å². The minimum atomic E-state index is -3.49. The molecule has 1 fully saturated rings. The van der Waals surface area contributed by atoms with Crippen LogP contribution in [0.25, 0.3) is 0 Å². The molecule has 1 aromatic carbocycles. The summed E-state index contributed by atoms with van der Waals surface area (Å²) in [5.41, 5.74) is 4.30. The second kappa shape index (κ2) is 9.92. The summed E-state index contributed by atoms with van der Waals surface area (Å²) < 4.78 is 25.3. The first kappa shape index (κ1) is 25.2. The van der Waals surface area contributed by atoms with Crippen LogP contribution in [0.5, 0.6) is 0 Å². The number of fused-ring (bicyclic) bond motifs is 1. The van der Waals surface area contributed by atoms with Gasteiger partial charge in [-0.3, -0.25) is 9.52 Å². The molecule has 12 heteroatoms. The fourth-order valence-corrected chi connectivity index (χ4v) is 5.94. The fraction of sp³-hybridized carbons (Fsp3) is 0.370. The van der Waals surface area contributed by atoms with Gasteiger partial charge in [-0.1, -0.05) is 29.4 Å². The van der Waals surface area contributed by atoms with Gasteiger partial charge >= 0.3 is 0 Å². The average molecular weight is 548 g/mol. The fourth-order valence-electron chi connectivity index (χ4n) is 5.45. The number of likely N-dealkylation sites (tertiary alicyclic amines) is 1. The number of nitrogens with one attached hydrogen (secondary N) is 2. The molecule has 1 spiro atoms. The van der Waals surface area contributed by atoms with Crippen LogP contribution in [0.3, 0.4) is 0 Å². The van der Waals surface area contributed by atoms with Crippen molar-refractivity contribution in [1.29, 1.82) is 0 Å². The highest BCUT2D eigenvalue weighted by Gasteiger charge is 2.43. The van der Waals surface area contributed by atoms with Crippen molar-refractivity contribution in [2.24, 2.45) is 5.16 Å². The van der Waals surface area contributed by atoms with Crippen molar-refractivity contribution in [1.82, 2.24) is 19.9 Å². The minimum absolute atomic E-state index is 0.116. The molecule has 6 rings (SSSR count). The number of carbonyl (C=O) groups is 1. The Kier molecular flexibility index (Phi) is 6.42. The Hall–Kier alpha value is -4.06. The molecule has 3 aliphatic rings. The number of hydrogen-bond acceptors (Lipinski definition) is 9. The van der Waals surface area contributed by atoms with Crippen LogP contribution in [0.4, 0.5) is 11.8 Å². The number of oxime groups is 1. The third-order valence-electron chi connectivity index (χ3n) is 7.47. The Bertz CT molecular complexity index is 1510. The highest BCUT2D eigenvalue weighted by Crippen LogP contribution is 2.36. The van der Waals surface area contributed by atoms with E-state index in [0.717, 1.165) is 30.4 Å². The van der Waals surface area contributed by atoms with Crippen molar-refractivity contribution in [3.63, 3.8) is 0 Å². The molecule has 0 unspecified atom stereocenters. The quantitative estimate of drug-likeness (QED) is 0.480. The van der Waals surface area contributed by atoms with E-state index in [1.54, 1.807) is 23.4 Å². The third kappa shape index (κ3) is 5.56. The molecule has 2 N–H and O–H groups in total. The van der Waals surface area contributed by atoms with Crippen molar-refractivity contribution >= 4 is 33.4 Å². The predicted octanol–water partition coefficient (Wildman–Crippen LogP) is 2.62. The van der Waals surface area contributed by atoms with Crippen LogP contribution in [0.1, 0.15) is 46.3 Å². The minimum Gasteiger partial charge on any atom is -0.388 e. The molecule has 3 aromatic rings. The summed E-state index contributed by atoms with van der Waals surface area (Å²) in [6.07, 6.45) is 9.84. The highest BCUT2D eigenvalue weighted by atomic mass is 32.2. The first-order valence-corrected chi connectivity index (χ1v) is 14.8. The van der Waals surface area contributed by atoms with E-state index in [1.807, 2.05) is 0 Å². The largest absolute Gasteiger partial charge is 0.388 e. The lowest BCUT2D eigenvalue weighted by atomic mass is 9.85. The van der Waals surface area contributed by atoms with Crippen molar-refractivity contribution in [3.05, 3.63) is 77.2 Å². The predicted molar refractivity (Wildman–Crippen MR) is 146 cm³/mol. The summed E-state index contributed by atoms with van der Waals surface area (Å²) in [7, 11) is -3.49. The molecule has 1 amide bonds. The maximum absolute atomic E-state index is 13.1. The monoisotopic (exact) mass is 547 g/mol. The zero-order valence-electron chi connectivity index (χ0n) is 21.5. The van der Waals surface area contributed by atoms with Crippen LogP contribution in [0, 0.1) is 0 Å². The van der Waals surface area contributed by atoms with Gasteiger partial charge < -0.3 is 15.1 Å². The molecule has 0 bridgehead atoms. The number of benzene rings is 1. The van der Waals surface area contributed by atoms with E-state index in [2.05, 4.69) is 54.4 Å². The van der Waals surface area contributed by atoms with Crippen molar-refractivity contribution in [2.75, 3.05) is 29.4 Å². The Morgan fingerprint density at radius 2 is 1.74 bits per heavy atom. The smallest absolute Gasteiger partial charge is 0.254 e. The van der Waals surface area contributed by atoms with Gasteiger partial charge in [0.15, 0.2) is 0 Å². The lowest BCUT2D eigenvalue weighted by Crippen LogP contribution is -2.46. The van der Waals surface area contributed by atoms with Gasteiger partial charge in [0.2, 0.25) is 16.0 Å². The maximum Gasteiger partial charge on any atom is 0.254 e. The molecule has 1 aliphatic carbocycles. The normalized spacial score (nSPS) is 18.4. The topological polar surface area (TPSA) is 139 Å². The molecule has 2 aliphatic heterocycles. The van der Waals surface area contributed by atoms with Crippen LogP contribution >= 0.6 is 0 Å². The standard InChI is InChI=1S/C27H29N7O4S/c1-39(36,37)33-24-14-20(6-9-28-24)25(35)34-10-7-27(8-11-34)15-23(32-38-27)21-16-29-26(30-17-21)31-22-12-18-4-2-3-5-19(18)13-22/h2-6,9,14,16-17,22H,7-8,10-13,15H2,1H3,(H,28,33)(H,29,30,31). The van der Waals surface area contributed by atoms with Gasteiger partial charge in [0.05, 0.1) is 12.0 Å². The van der Waals surface area contributed by atoms with Crippen molar-refractivity contribution < 1.29 is 18.0 Å². The van der Waals surface area contributed by atoms with Crippen LogP contribution in [0.2, 0.25) is 0 Å². The molecule has 4 heterocycles. The number of anilines is 2. The van der Waals surface area contributed by atoms with Gasteiger partial charge in [0.25, 0.3) is 5.91 Å². The number of amides is 1. The molecule has 11 nitrogen and oxygen atoms in total. The van der Waals surface area contributed by atoms with Gasteiger partial charge in [-0.25, -0.2) is 23.4 Å². The molecule has 202 valence electrons. The maximum atomic E-state index is 13.1. The number of hydrogen-bond donors (Lipinski definition) is 2. The molecule has 2 aromatic heterocycles. The number of carbonyl (C=O) groups excluding carboxylic acids is 1. The second-order valence-corrected chi connectivity index (χ2v) is 12.1. The SMILES string of the molecule is CS(=O)(=O)Nc1cc(C(=O)N2CCC3(CC2)CC(c2cnc(NC4Cc5ccccc5C4)nc2)=NO3)ccn1. The van der Waals surface area contributed by atoms with Gasteiger partial charge in [-0.2, -0.15) is 0 Å². The average Bonchev–Trinajstić information content (AvgIpc) is 3.52. The Morgan fingerprint density at radius 3 is 2.41 bits per heavy atom. The summed E-state index contributed by atoms with van der Waals surface area (Å²) in [5.74, 6) is 0.541. The summed E-state index contributed by atoms with van der Waals surface area (Å²) in [6.45, 7) is 1.00. The van der Waals surface area contributed by atoms with Crippen LogP contribution in [-0.4, -0.2) is 70.9 Å². The van der Waals surface area contributed by atoms with Crippen molar-refractivity contribution in [2.45, 2.75) is 43.7 Å². The Labute approximate surface area is 226 Å². The van der Waals surface area contributed by atoms with E-state index in [1.165, 1.54) is 23.4 Å². The zero-order chi connectivity index (χ0) is 27.0. The first-order chi connectivity index (χ1) is 18.8. The zero-order valence-corrected chi connectivity index (χ0v) is 22.3. The van der Waals surface area contributed by atoms with Crippen LogP contribution in [-0.2, 0) is 27.7 Å². The molecule has 0 atom stereocenters. The van der Waals surface area contributed by atoms with Gasteiger partial charge in [-0.15, -0.1) is 0 Å². The number of piperidine rings is 1. The van der Waals surface area contributed by atoms with Crippen LogP contribution < -0.4 is 10.0 Å². The Morgan fingerprint density at radius 1 is 1.05 bits per heavy atom. The van der Waals surface area contributed by atoms with E-state index >= 15 is 0 Å². The number of aromatic nitrogens is 3. The van der Waals surface area contributed by atoms with E-state index in [9.17, 15) is 13.2 Å². The molecule has 1 saturated heterocycles. The lowest BCUT2D eigenvalue weighted by Gasteiger charge is -2.37. The van der Waals surface area contributed by atoms with Crippen molar-refractivity contribution in [3.8, 4) is 0 Å². The molecule has 0 radical (unpaired) electrons. The number of pyridine rings is 1. The van der Waals surface area contributed by atoms with Crippen LogP contribution in [0.15, 0.2) is 60.1 Å². The number of sulfonamides is 1. The van der Waals surface area contributed by atoms with Gasteiger partial charge in [-0.05, 0) is 36.1 Å². The van der Waals surface area contributed by atoms with E-state index in [-0.39, 0.29) is 17.8 Å². The number of rotatable bonds is 6. The third-order valence-corrected chi connectivity index (χ3v) is 8.05. The van der Waals surface area contributed by atoms with E-state index < -0.39 is 15.6 Å². The molecular formula is C27H29N7O4S. The lowest BCUT2D eigenvalue weighted by molar-refractivity contribution is -0.0568. The van der Waals surface area contributed by atoms with Gasteiger partial charge in [0.1, 0.15) is 11.4 Å². The summed E-state index contributed by atoms with van der Waals surface area (Å²) in [5, 5.41) is 7.79. The second-order valence-electron chi connectivity index (χ2n) is 10.4. The summed E-state index contributed by atoms with van der Waals surface area (Å²) >= 11 is 0. The number of nitrogens with zero attached hydrogens (tertiary/aromatic N) is 5. The highest BCUT2D eigenvalue weighted by molar-refractivity contribution is 7.92. The molecule has 0 saturated carbocycles. The molecule has 39 heavy (non-hydrogen) atoms. The Balaban J connectivity index is 1.03. The summed E-state index contributed by atoms with van der Waals surface area (Å²) in [6, 6.07) is 11.8. The van der Waals surface area contributed by atoms with Gasteiger partial charge in [0, 0.05) is 68.1 Å².